The van der Waals surface area contributed by atoms with E-state index < -0.39 is 0 Å². The van der Waals surface area contributed by atoms with Crippen molar-refractivity contribution in [3.05, 3.63) is 46.4 Å². The van der Waals surface area contributed by atoms with Crippen LogP contribution in [0.25, 0.3) is 0 Å². The first-order valence-corrected chi connectivity index (χ1v) is 6.09. The van der Waals surface area contributed by atoms with Crippen molar-refractivity contribution in [3.8, 4) is 0 Å². The Balaban J connectivity index is 2.36. The first kappa shape index (κ1) is 13.1. The number of nitrogen functional groups attached to an aromatic ring is 1. The highest BCUT2D eigenvalue weighted by molar-refractivity contribution is 5.59. The Morgan fingerprint density at radius 2 is 2.00 bits per heavy atom. The van der Waals surface area contributed by atoms with Crippen LogP contribution in [0.4, 0.5) is 17.3 Å². The molecule has 0 aliphatic rings. The van der Waals surface area contributed by atoms with Crippen molar-refractivity contribution in [2.45, 2.75) is 26.2 Å². The number of anilines is 3. The quantitative estimate of drug-likeness (QED) is 0.722. The van der Waals surface area contributed by atoms with Crippen LogP contribution in [-0.4, -0.2) is 9.97 Å². The number of H-pyrrole nitrogens is 1. The van der Waals surface area contributed by atoms with Crippen molar-refractivity contribution in [1.29, 1.82) is 0 Å². The maximum Gasteiger partial charge on any atom is 0.252 e. The van der Waals surface area contributed by atoms with Gasteiger partial charge in [0.05, 0.1) is 5.69 Å². The second-order valence-corrected chi connectivity index (χ2v) is 5.48. The van der Waals surface area contributed by atoms with Gasteiger partial charge in [0.25, 0.3) is 5.56 Å². The van der Waals surface area contributed by atoms with E-state index in [2.05, 4.69) is 15.3 Å². The first-order chi connectivity index (χ1) is 8.84. The lowest BCUT2D eigenvalue weighted by Gasteiger charge is -2.18. The van der Waals surface area contributed by atoms with Gasteiger partial charge in [-0.05, 0) is 18.2 Å². The molecule has 5 heteroatoms. The maximum absolute atomic E-state index is 11.7. The lowest BCUT2D eigenvalue weighted by Crippen LogP contribution is -2.20. The molecule has 1 aromatic heterocycles. The fourth-order valence-corrected chi connectivity index (χ4v) is 1.65. The molecule has 2 rings (SSSR count). The summed E-state index contributed by atoms with van der Waals surface area (Å²) < 4.78 is 0. The van der Waals surface area contributed by atoms with Crippen molar-refractivity contribution >= 4 is 17.3 Å². The van der Waals surface area contributed by atoms with Crippen LogP contribution in [0.1, 0.15) is 26.5 Å². The Morgan fingerprint density at radius 1 is 1.26 bits per heavy atom. The van der Waals surface area contributed by atoms with Gasteiger partial charge in [0.15, 0.2) is 0 Å². The largest absolute Gasteiger partial charge is 0.399 e. The summed E-state index contributed by atoms with van der Waals surface area (Å²) in [7, 11) is 0. The van der Waals surface area contributed by atoms with E-state index in [9.17, 15) is 4.79 Å². The topological polar surface area (TPSA) is 83.8 Å². The molecular formula is C14H18N4O. The van der Waals surface area contributed by atoms with E-state index in [-0.39, 0.29) is 11.0 Å². The normalized spacial score (nSPS) is 11.3. The molecule has 5 nitrogen and oxygen atoms in total. The smallest absolute Gasteiger partial charge is 0.252 e. The zero-order valence-electron chi connectivity index (χ0n) is 11.3. The Bertz CT molecular complexity index is 640. The number of aromatic nitrogens is 2. The zero-order chi connectivity index (χ0) is 14.0. The zero-order valence-corrected chi connectivity index (χ0v) is 11.3. The van der Waals surface area contributed by atoms with Gasteiger partial charge in [0.2, 0.25) is 5.95 Å². The maximum atomic E-state index is 11.7. The van der Waals surface area contributed by atoms with Gasteiger partial charge in [0, 0.05) is 22.9 Å². The number of hydrogen-bond acceptors (Lipinski definition) is 4. The van der Waals surface area contributed by atoms with Gasteiger partial charge >= 0.3 is 0 Å². The lowest BCUT2D eigenvalue weighted by molar-refractivity contribution is 0.567. The highest BCUT2D eigenvalue weighted by Crippen LogP contribution is 2.20. The summed E-state index contributed by atoms with van der Waals surface area (Å²) in [6, 6.07) is 8.80. The highest BCUT2D eigenvalue weighted by Gasteiger charge is 2.17. The highest BCUT2D eigenvalue weighted by atomic mass is 16.1. The summed E-state index contributed by atoms with van der Waals surface area (Å²) in [6.07, 6.45) is 0. The minimum Gasteiger partial charge on any atom is -0.399 e. The second kappa shape index (κ2) is 4.76. The third-order valence-corrected chi connectivity index (χ3v) is 2.66. The fraction of sp³-hybridized carbons (Fsp3) is 0.286. The molecule has 19 heavy (non-hydrogen) atoms. The van der Waals surface area contributed by atoms with Crippen molar-refractivity contribution in [2.24, 2.45) is 0 Å². The molecule has 0 radical (unpaired) electrons. The Morgan fingerprint density at radius 3 is 2.63 bits per heavy atom. The van der Waals surface area contributed by atoms with Gasteiger partial charge in [-0.25, -0.2) is 4.98 Å². The molecule has 0 amide bonds. The Kier molecular flexibility index (Phi) is 3.29. The molecule has 4 N–H and O–H groups in total. The number of hydrogen-bond donors (Lipinski definition) is 3. The molecule has 1 aromatic carbocycles. The Labute approximate surface area is 111 Å². The summed E-state index contributed by atoms with van der Waals surface area (Å²) >= 11 is 0. The SMILES string of the molecule is CC(C)(C)c1cc(=O)[nH]c(Nc2cccc(N)c2)n1. The molecule has 0 spiro atoms. The van der Waals surface area contributed by atoms with Crippen molar-refractivity contribution in [1.82, 2.24) is 9.97 Å². The van der Waals surface area contributed by atoms with E-state index in [0.717, 1.165) is 11.4 Å². The molecule has 0 fully saturated rings. The summed E-state index contributed by atoms with van der Waals surface area (Å²) in [4.78, 5) is 18.7. The average molecular weight is 258 g/mol. The van der Waals surface area contributed by atoms with Crippen LogP contribution >= 0.6 is 0 Å². The van der Waals surface area contributed by atoms with E-state index in [4.69, 9.17) is 5.73 Å². The number of nitrogens with zero attached hydrogens (tertiary/aromatic N) is 1. The molecular weight excluding hydrogens is 240 g/mol. The monoisotopic (exact) mass is 258 g/mol. The van der Waals surface area contributed by atoms with Gasteiger partial charge in [-0.15, -0.1) is 0 Å². The summed E-state index contributed by atoms with van der Waals surface area (Å²) in [5, 5.41) is 3.05. The Hall–Kier alpha value is -2.30. The van der Waals surface area contributed by atoms with E-state index in [0.29, 0.717) is 11.6 Å². The summed E-state index contributed by atoms with van der Waals surface area (Å²) in [6.45, 7) is 6.04. The molecule has 0 saturated carbocycles. The average Bonchev–Trinajstić information content (AvgIpc) is 2.26. The van der Waals surface area contributed by atoms with Gasteiger partial charge in [-0.1, -0.05) is 26.8 Å². The van der Waals surface area contributed by atoms with Crippen LogP contribution in [0.5, 0.6) is 0 Å². The predicted molar refractivity (Wildman–Crippen MR) is 77.7 cm³/mol. The van der Waals surface area contributed by atoms with Crippen LogP contribution in [0, 0.1) is 0 Å². The number of benzene rings is 1. The van der Waals surface area contributed by atoms with Gasteiger partial charge < -0.3 is 11.1 Å². The molecule has 100 valence electrons. The van der Waals surface area contributed by atoms with Crippen LogP contribution in [0.2, 0.25) is 0 Å². The number of rotatable bonds is 2. The van der Waals surface area contributed by atoms with E-state index in [1.54, 1.807) is 12.1 Å². The lowest BCUT2D eigenvalue weighted by atomic mass is 9.92. The van der Waals surface area contributed by atoms with Crippen LogP contribution in [-0.2, 0) is 5.41 Å². The molecule has 2 aromatic rings. The summed E-state index contributed by atoms with van der Waals surface area (Å²) in [5.41, 5.74) is 7.53. The molecule has 0 atom stereocenters. The number of aromatic amines is 1. The van der Waals surface area contributed by atoms with Crippen LogP contribution in [0.15, 0.2) is 35.1 Å². The minimum atomic E-state index is -0.180. The standard InChI is InChI=1S/C14H18N4O/c1-14(2,3)11-8-12(19)18-13(17-11)16-10-6-4-5-9(15)7-10/h4-8H,15H2,1-3H3,(H2,16,17,18,19). The molecule has 1 heterocycles. The van der Waals surface area contributed by atoms with E-state index in [1.807, 2.05) is 32.9 Å². The number of nitrogens with one attached hydrogen (secondary N) is 2. The fourth-order valence-electron chi connectivity index (χ4n) is 1.65. The van der Waals surface area contributed by atoms with Crippen molar-refractivity contribution in [3.63, 3.8) is 0 Å². The molecule has 0 saturated heterocycles. The third-order valence-electron chi connectivity index (χ3n) is 2.66. The van der Waals surface area contributed by atoms with Crippen molar-refractivity contribution in [2.75, 3.05) is 11.1 Å². The second-order valence-electron chi connectivity index (χ2n) is 5.48. The third kappa shape index (κ3) is 3.34. The molecule has 0 unspecified atom stereocenters. The van der Waals surface area contributed by atoms with Crippen LogP contribution < -0.4 is 16.6 Å². The van der Waals surface area contributed by atoms with E-state index in [1.165, 1.54) is 6.07 Å². The van der Waals surface area contributed by atoms with Crippen molar-refractivity contribution < 1.29 is 0 Å². The van der Waals surface area contributed by atoms with Crippen LogP contribution in [0.3, 0.4) is 0 Å². The number of nitrogens with two attached hydrogens (primary N) is 1. The molecule has 0 bridgehead atoms. The first-order valence-electron chi connectivity index (χ1n) is 6.09. The minimum absolute atomic E-state index is 0.175. The van der Waals surface area contributed by atoms with Gasteiger partial charge in [-0.2, -0.15) is 0 Å². The molecule has 0 aliphatic carbocycles. The summed E-state index contributed by atoms with van der Waals surface area (Å²) in [5.74, 6) is 0.419. The van der Waals surface area contributed by atoms with E-state index >= 15 is 0 Å². The molecule has 0 aliphatic heterocycles. The van der Waals surface area contributed by atoms with Gasteiger partial charge in [0.1, 0.15) is 0 Å². The predicted octanol–water partition coefficient (Wildman–Crippen LogP) is 2.39. The van der Waals surface area contributed by atoms with Gasteiger partial charge in [-0.3, -0.25) is 9.78 Å².